The minimum Gasteiger partial charge on any atom is -0.481 e. The van der Waals surface area contributed by atoms with Gasteiger partial charge in [-0.2, -0.15) is 0 Å². The molecule has 1 aliphatic carbocycles. The van der Waals surface area contributed by atoms with E-state index in [9.17, 15) is 9.59 Å². The Labute approximate surface area is 283 Å². The van der Waals surface area contributed by atoms with Crippen LogP contribution in [0.5, 0.6) is 0 Å². The topological polar surface area (TPSA) is 149 Å². The number of amides is 1. The van der Waals surface area contributed by atoms with E-state index in [1.54, 1.807) is 0 Å². The average Bonchev–Trinajstić information content (AvgIpc) is 3.42. The van der Waals surface area contributed by atoms with Crippen LogP contribution in [0.3, 0.4) is 0 Å². The Morgan fingerprint density at radius 2 is 0.917 bits per heavy atom. The van der Waals surface area contributed by atoms with Gasteiger partial charge in [-0.1, -0.05) is 48.5 Å². The number of fused-ring (bicyclic) bond motifs is 3. The van der Waals surface area contributed by atoms with Crippen LogP contribution in [0.2, 0.25) is 0 Å². The first-order chi connectivity index (χ1) is 23.7. The van der Waals surface area contributed by atoms with E-state index < -0.39 is 12.1 Å². The molecule has 268 valence electrons. The number of hydrogen-bond donors (Lipinski definition) is 2. The molecule has 0 radical (unpaired) electrons. The van der Waals surface area contributed by atoms with Gasteiger partial charge in [0.2, 0.25) is 0 Å². The lowest BCUT2D eigenvalue weighted by atomic mass is 9.98. The highest BCUT2D eigenvalue weighted by Crippen LogP contribution is 2.44. The third kappa shape index (κ3) is 16.8. The van der Waals surface area contributed by atoms with Crippen molar-refractivity contribution >= 4 is 12.1 Å². The van der Waals surface area contributed by atoms with Crippen LogP contribution in [0.25, 0.3) is 11.1 Å². The molecule has 0 bridgehead atoms. The summed E-state index contributed by atoms with van der Waals surface area (Å²) in [6, 6.07) is 16.5. The number of carbonyl (C=O) groups excluding carboxylic acids is 1. The minimum atomic E-state index is -0.815. The first-order valence-electron chi connectivity index (χ1n) is 16.6. The second kappa shape index (κ2) is 25.8. The van der Waals surface area contributed by atoms with Crippen LogP contribution in [0, 0.1) is 0 Å². The highest BCUT2D eigenvalue weighted by Gasteiger charge is 2.28. The number of alkyl carbamates (subject to hydrolysis) is 1. The van der Waals surface area contributed by atoms with E-state index in [0.717, 1.165) is 0 Å². The van der Waals surface area contributed by atoms with Gasteiger partial charge >= 0.3 is 12.1 Å². The molecule has 0 heterocycles. The van der Waals surface area contributed by atoms with E-state index >= 15 is 0 Å². The van der Waals surface area contributed by atoms with Crippen molar-refractivity contribution in [1.82, 2.24) is 5.32 Å². The van der Waals surface area contributed by atoms with Gasteiger partial charge in [0.15, 0.2) is 0 Å². The maximum absolute atomic E-state index is 12.2. The Kier molecular flexibility index (Phi) is 21.1. The number of hydrogen-bond acceptors (Lipinski definition) is 11. The summed E-state index contributed by atoms with van der Waals surface area (Å²) >= 11 is 0. The molecule has 0 fully saturated rings. The maximum atomic E-state index is 12.2. The minimum absolute atomic E-state index is 0.0345. The van der Waals surface area contributed by atoms with Crippen molar-refractivity contribution in [2.75, 3.05) is 119 Å². The van der Waals surface area contributed by atoms with Crippen LogP contribution < -0.4 is 5.32 Å². The fraction of sp³-hybridized carbons (Fsp3) is 0.600. The zero-order valence-corrected chi connectivity index (χ0v) is 27.8. The van der Waals surface area contributed by atoms with Crippen molar-refractivity contribution in [2.24, 2.45) is 0 Å². The van der Waals surface area contributed by atoms with Crippen molar-refractivity contribution in [3.05, 3.63) is 59.7 Å². The number of aliphatic carboxylic acids is 1. The van der Waals surface area contributed by atoms with E-state index in [2.05, 4.69) is 29.6 Å². The SMILES string of the molecule is O=C(O)CCCOCCOCCOCCOCCOCCOCCOCCOCCNC(=O)OCC1c2ccccc2-c2ccccc21. The molecule has 2 aromatic carbocycles. The number of nitrogens with one attached hydrogen (secondary N) is 1. The number of rotatable bonds is 30. The maximum Gasteiger partial charge on any atom is 0.407 e. The van der Waals surface area contributed by atoms with E-state index in [0.29, 0.717) is 119 Å². The second-order valence-electron chi connectivity index (χ2n) is 10.6. The lowest BCUT2D eigenvalue weighted by molar-refractivity contribution is -0.137. The molecule has 3 rings (SSSR count). The highest BCUT2D eigenvalue weighted by atomic mass is 16.6. The van der Waals surface area contributed by atoms with E-state index in [4.69, 9.17) is 47.7 Å². The molecule has 0 spiro atoms. The Hall–Kier alpha value is -3.14. The van der Waals surface area contributed by atoms with Crippen LogP contribution in [-0.2, 0) is 47.4 Å². The molecular formula is C35H51NO12. The smallest absolute Gasteiger partial charge is 0.407 e. The second-order valence-corrected chi connectivity index (χ2v) is 10.6. The summed E-state index contributed by atoms with van der Waals surface area (Å²) in [5.74, 6) is -0.781. The van der Waals surface area contributed by atoms with Crippen LogP contribution >= 0.6 is 0 Å². The number of carboxylic acids is 1. The summed E-state index contributed by atoms with van der Waals surface area (Å²) in [5.41, 5.74) is 4.76. The molecule has 2 N–H and O–H groups in total. The lowest BCUT2D eigenvalue weighted by Crippen LogP contribution is -2.29. The quantitative estimate of drug-likeness (QED) is 0.117. The predicted molar refractivity (Wildman–Crippen MR) is 176 cm³/mol. The summed E-state index contributed by atoms with van der Waals surface area (Å²) in [5, 5.41) is 11.3. The third-order valence-electron chi connectivity index (χ3n) is 7.14. The summed E-state index contributed by atoms with van der Waals surface area (Å²) in [4.78, 5) is 22.6. The standard InChI is InChI=1S/C35H51NO12/c37-34(38)10-5-12-40-14-16-42-18-20-44-22-24-46-26-27-47-25-23-45-21-19-43-17-15-41-13-11-36-35(39)48-28-33-31-8-3-1-6-29(31)30-7-2-4-9-32(30)33/h1-4,6-9,33H,5,10-28H2,(H,36,39)(H,37,38). The fourth-order valence-electron chi connectivity index (χ4n) is 4.84. The van der Waals surface area contributed by atoms with Gasteiger partial charge in [-0.05, 0) is 28.7 Å². The van der Waals surface area contributed by atoms with Gasteiger partial charge in [-0.25, -0.2) is 4.79 Å². The molecule has 1 amide bonds. The Bertz CT molecular complexity index is 1100. The highest BCUT2D eigenvalue weighted by molar-refractivity contribution is 5.79. The normalized spacial score (nSPS) is 12.2. The van der Waals surface area contributed by atoms with Gasteiger partial charge in [0.25, 0.3) is 0 Å². The van der Waals surface area contributed by atoms with E-state index in [1.807, 2.05) is 24.3 Å². The summed E-state index contributed by atoms with van der Waals surface area (Å²) in [7, 11) is 0. The van der Waals surface area contributed by atoms with Crippen molar-refractivity contribution in [1.29, 1.82) is 0 Å². The molecule has 2 aromatic rings. The van der Waals surface area contributed by atoms with Crippen LogP contribution in [0.4, 0.5) is 4.79 Å². The molecule has 0 unspecified atom stereocenters. The monoisotopic (exact) mass is 677 g/mol. The first kappa shape index (κ1) is 39.3. The zero-order valence-electron chi connectivity index (χ0n) is 27.8. The zero-order chi connectivity index (χ0) is 33.9. The number of carboxylic acid groups (broad SMARTS) is 1. The van der Waals surface area contributed by atoms with Gasteiger partial charge in [0.1, 0.15) is 6.61 Å². The van der Waals surface area contributed by atoms with Crippen molar-refractivity contribution < 1.29 is 57.3 Å². The number of ether oxygens (including phenoxy) is 9. The third-order valence-corrected chi connectivity index (χ3v) is 7.14. The van der Waals surface area contributed by atoms with Gasteiger partial charge in [0, 0.05) is 25.5 Å². The first-order valence-corrected chi connectivity index (χ1v) is 16.6. The largest absolute Gasteiger partial charge is 0.481 e. The Balaban J connectivity index is 0.989. The van der Waals surface area contributed by atoms with Crippen molar-refractivity contribution in [3.8, 4) is 11.1 Å². The number of carbonyl (C=O) groups is 2. The molecule has 1 aliphatic rings. The fourth-order valence-corrected chi connectivity index (χ4v) is 4.84. The molecule has 0 saturated heterocycles. The molecule has 0 aromatic heterocycles. The average molecular weight is 678 g/mol. The van der Waals surface area contributed by atoms with Crippen molar-refractivity contribution in [3.63, 3.8) is 0 Å². The summed E-state index contributed by atoms with van der Waals surface area (Å²) in [6.07, 6.45) is 0.161. The number of benzene rings is 2. The van der Waals surface area contributed by atoms with Crippen LogP contribution in [0.15, 0.2) is 48.5 Å². The lowest BCUT2D eigenvalue weighted by Gasteiger charge is -2.14. The van der Waals surface area contributed by atoms with E-state index in [-0.39, 0.29) is 18.9 Å². The van der Waals surface area contributed by atoms with E-state index in [1.165, 1.54) is 22.3 Å². The molecule has 0 saturated carbocycles. The molecule has 13 heteroatoms. The predicted octanol–water partition coefficient (Wildman–Crippen LogP) is 3.52. The Morgan fingerprint density at radius 1 is 0.542 bits per heavy atom. The molecule has 0 aliphatic heterocycles. The van der Waals surface area contributed by atoms with Gasteiger partial charge in [-0.15, -0.1) is 0 Å². The van der Waals surface area contributed by atoms with Gasteiger partial charge < -0.3 is 53.1 Å². The van der Waals surface area contributed by atoms with Crippen LogP contribution in [-0.4, -0.2) is 136 Å². The summed E-state index contributed by atoms with van der Waals surface area (Å²) < 4.78 is 49.0. The molecule has 0 atom stereocenters. The molecular weight excluding hydrogens is 626 g/mol. The van der Waals surface area contributed by atoms with Gasteiger partial charge in [-0.3, -0.25) is 4.79 Å². The molecule has 13 nitrogen and oxygen atoms in total. The van der Waals surface area contributed by atoms with Crippen LogP contribution in [0.1, 0.15) is 29.9 Å². The molecule has 48 heavy (non-hydrogen) atoms. The van der Waals surface area contributed by atoms with Gasteiger partial charge in [0.05, 0.1) is 99.1 Å². The Morgan fingerprint density at radius 3 is 1.33 bits per heavy atom. The van der Waals surface area contributed by atoms with Crippen molar-refractivity contribution in [2.45, 2.75) is 18.8 Å². The summed E-state index contributed by atoms with van der Waals surface area (Å²) in [6.45, 7) is 7.86.